The SMILES string of the molecule is COCCCC(=O)C1CCC(C)(C)CC1. The van der Waals surface area contributed by atoms with E-state index in [1.54, 1.807) is 7.11 Å². The van der Waals surface area contributed by atoms with Gasteiger partial charge in [-0.05, 0) is 37.5 Å². The zero-order valence-electron chi connectivity index (χ0n) is 10.3. The summed E-state index contributed by atoms with van der Waals surface area (Å²) in [5.74, 6) is 0.803. The zero-order valence-corrected chi connectivity index (χ0v) is 10.3. The summed E-state index contributed by atoms with van der Waals surface area (Å²) in [5, 5.41) is 0. The van der Waals surface area contributed by atoms with Crippen molar-refractivity contribution in [2.24, 2.45) is 11.3 Å². The van der Waals surface area contributed by atoms with Crippen LogP contribution in [0.1, 0.15) is 52.4 Å². The van der Waals surface area contributed by atoms with Gasteiger partial charge in [0.05, 0.1) is 0 Å². The highest BCUT2D eigenvalue weighted by atomic mass is 16.5. The largest absolute Gasteiger partial charge is 0.385 e. The second-order valence-corrected chi connectivity index (χ2v) is 5.50. The molecular formula is C13H24O2. The maximum Gasteiger partial charge on any atom is 0.136 e. The summed E-state index contributed by atoms with van der Waals surface area (Å²) >= 11 is 0. The molecule has 1 aliphatic carbocycles. The summed E-state index contributed by atoms with van der Waals surface area (Å²) in [6, 6.07) is 0. The highest BCUT2D eigenvalue weighted by Gasteiger charge is 2.29. The van der Waals surface area contributed by atoms with Gasteiger partial charge in [-0.25, -0.2) is 0 Å². The van der Waals surface area contributed by atoms with Gasteiger partial charge < -0.3 is 4.74 Å². The van der Waals surface area contributed by atoms with Crippen LogP contribution in [-0.2, 0) is 9.53 Å². The Kier molecular flexibility index (Phi) is 4.78. The molecule has 0 aliphatic heterocycles. The number of carbonyl (C=O) groups excluding carboxylic acids is 1. The molecule has 1 fully saturated rings. The monoisotopic (exact) mass is 212 g/mol. The minimum Gasteiger partial charge on any atom is -0.385 e. The van der Waals surface area contributed by atoms with Gasteiger partial charge in [0.1, 0.15) is 5.78 Å². The van der Waals surface area contributed by atoms with E-state index in [1.807, 2.05) is 0 Å². The van der Waals surface area contributed by atoms with Crippen molar-refractivity contribution < 1.29 is 9.53 Å². The third-order valence-corrected chi connectivity index (χ3v) is 3.57. The molecule has 15 heavy (non-hydrogen) atoms. The Morgan fingerprint density at radius 2 is 1.93 bits per heavy atom. The van der Waals surface area contributed by atoms with Crippen molar-refractivity contribution in [1.82, 2.24) is 0 Å². The van der Waals surface area contributed by atoms with E-state index in [2.05, 4.69) is 13.8 Å². The summed E-state index contributed by atoms with van der Waals surface area (Å²) in [6.45, 7) is 5.32. The predicted octanol–water partition coefficient (Wildman–Crippen LogP) is 3.20. The average Bonchev–Trinajstić information content (AvgIpc) is 2.18. The third kappa shape index (κ3) is 4.33. The second-order valence-electron chi connectivity index (χ2n) is 5.50. The number of ether oxygens (including phenoxy) is 1. The van der Waals surface area contributed by atoms with Gasteiger partial charge in [-0.1, -0.05) is 13.8 Å². The molecule has 2 nitrogen and oxygen atoms in total. The van der Waals surface area contributed by atoms with Crippen LogP contribution in [0.25, 0.3) is 0 Å². The Balaban J connectivity index is 2.24. The zero-order chi connectivity index (χ0) is 11.3. The summed E-state index contributed by atoms with van der Waals surface area (Å²) in [7, 11) is 1.69. The lowest BCUT2D eigenvalue weighted by Gasteiger charge is -2.33. The summed E-state index contributed by atoms with van der Waals surface area (Å²) in [4.78, 5) is 11.8. The van der Waals surface area contributed by atoms with Crippen LogP contribution in [0, 0.1) is 11.3 Å². The van der Waals surface area contributed by atoms with E-state index in [1.165, 1.54) is 12.8 Å². The Labute approximate surface area is 93.4 Å². The van der Waals surface area contributed by atoms with E-state index in [4.69, 9.17) is 4.74 Å². The van der Waals surface area contributed by atoms with Crippen molar-refractivity contribution in [2.45, 2.75) is 52.4 Å². The first-order valence-electron chi connectivity index (χ1n) is 6.07. The van der Waals surface area contributed by atoms with Crippen LogP contribution >= 0.6 is 0 Å². The molecule has 0 unspecified atom stereocenters. The van der Waals surface area contributed by atoms with Crippen molar-refractivity contribution >= 4 is 5.78 Å². The van der Waals surface area contributed by atoms with Gasteiger partial charge in [-0.2, -0.15) is 0 Å². The molecule has 1 aliphatic rings. The molecule has 0 aromatic rings. The molecule has 0 saturated heterocycles. The highest BCUT2D eigenvalue weighted by Crippen LogP contribution is 2.38. The maximum atomic E-state index is 11.8. The fourth-order valence-electron chi connectivity index (χ4n) is 2.32. The Bertz CT molecular complexity index is 199. The molecule has 0 heterocycles. The highest BCUT2D eigenvalue weighted by molar-refractivity contribution is 5.81. The van der Waals surface area contributed by atoms with Gasteiger partial charge >= 0.3 is 0 Å². The van der Waals surface area contributed by atoms with Gasteiger partial charge in [-0.15, -0.1) is 0 Å². The number of methoxy groups -OCH3 is 1. The van der Waals surface area contributed by atoms with Gasteiger partial charge in [0.25, 0.3) is 0 Å². The van der Waals surface area contributed by atoms with Crippen LogP contribution in [-0.4, -0.2) is 19.5 Å². The van der Waals surface area contributed by atoms with Crippen molar-refractivity contribution in [3.8, 4) is 0 Å². The molecule has 1 rings (SSSR count). The lowest BCUT2D eigenvalue weighted by Crippen LogP contribution is -2.26. The quantitative estimate of drug-likeness (QED) is 0.654. The number of rotatable bonds is 5. The third-order valence-electron chi connectivity index (χ3n) is 3.57. The Morgan fingerprint density at radius 1 is 1.33 bits per heavy atom. The van der Waals surface area contributed by atoms with Crippen molar-refractivity contribution in [2.75, 3.05) is 13.7 Å². The fraction of sp³-hybridized carbons (Fsp3) is 0.923. The normalized spacial score (nSPS) is 21.5. The number of carbonyl (C=O) groups is 1. The summed E-state index contributed by atoms with van der Waals surface area (Å²) in [6.07, 6.45) is 6.19. The smallest absolute Gasteiger partial charge is 0.136 e. The molecule has 0 N–H and O–H groups in total. The first-order chi connectivity index (χ1) is 7.05. The number of Topliss-reactive ketones (excluding diaryl/α,β-unsaturated/α-hetero) is 1. The van der Waals surface area contributed by atoms with Crippen molar-refractivity contribution in [3.63, 3.8) is 0 Å². The van der Waals surface area contributed by atoms with Gasteiger partial charge in [-0.3, -0.25) is 4.79 Å². The summed E-state index contributed by atoms with van der Waals surface area (Å²) < 4.78 is 4.96. The van der Waals surface area contributed by atoms with Gasteiger partial charge in [0.2, 0.25) is 0 Å². The number of hydrogen-bond acceptors (Lipinski definition) is 2. The van der Waals surface area contributed by atoms with Crippen molar-refractivity contribution in [1.29, 1.82) is 0 Å². The predicted molar refractivity (Wildman–Crippen MR) is 61.9 cm³/mol. The Hall–Kier alpha value is -0.370. The van der Waals surface area contributed by atoms with Crippen LogP contribution in [0.15, 0.2) is 0 Å². The first-order valence-corrected chi connectivity index (χ1v) is 6.07. The number of hydrogen-bond donors (Lipinski definition) is 0. The number of ketones is 1. The lowest BCUT2D eigenvalue weighted by atomic mass is 9.71. The molecule has 1 saturated carbocycles. The Morgan fingerprint density at radius 3 is 2.47 bits per heavy atom. The minimum absolute atomic E-state index is 0.342. The van der Waals surface area contributed by atoms with Gasteiger partial charge in [0, 0.05) is 26.1 Å². The average molecular weight is 212 g/mol. The molecule has 2 heteroatoms. The molecule has 0 bridgehead atoms. The van der Waals surface area contributed by atoms with Crippen LogP contribution in [0.2, 0.25) is 0 Å². The van der Waals surface area contributed by atoms with Crippen LogP contribution in [0.5, 0.6) is 0 Å². The second kappa shape index (κ2) is 5.64. The molecule has 0 aromatic heterocycles. The lowest BCUT2D eigenvalue weighted by molar-refractivity contribution is -0.124. The molecule has 0 aromatic carbocycles. The molecule has 0 atom stereocenters. The van der Waals surface area contributed by atoms with E-state index in [0.717, 1.165) is 19.3 Å². The molecular weight excluding hydrogens is 188 g/mol. The van der Waals surface area contributed by atoms with Crippen LogP contribution in [0.4, 0.5) is 0 Å². The van der Waals surface area contributed by atoms with E-state index in [-0.39, 0.29) is 0 Å². The maximum absolute atomic E-state index is 11.8. The molecule has 0 radical (unpaired) electrons. The standard InChI is InChI=1S/C13H24O2/c1-13(2)8-6-11(7-9-13)12(14)5-4-10-15-3/h11H,4-10H2,1-3H3. The molecule has 0 spiro atoms. The topological polar surface area (TPSA) is 26.3 Å². The van der Waals surface area contributed by atoms with Gasteiger partial charge in [0.15, 0.2) is 0 Å². The fourth-order valence-corrected chi connectivity index (χ4v) is 2.32. The van der Waals surface area contributed by atoms with E-state index < -0.39 is 0 Å². The van der Waals surface area contributed by atoms with Crippen LogP contribution < -0.4 is 0 Å². The van der Waals surface area contributed by atoms with E-state index >= 15 is 0 Å². The summed E-state index contributed by atoms with van der Waals surface area (Å²) in [5.41, 5.74) is 0.462. The molecule has 88 valence electrons. The van der Waals surface area contributed by atoms with Crippen molar-refractivity contribution in [3.05, 3.63) is 0 Å². The first kappa shape index (κ1) is 12.7. The van der Waals surface area contributed by atoms with E-state index in [0.29, 0.717) is 30.1 Å². The van der Waals surface area contributed by atoms with E-state index in [9.17, 15) is 4.79 Å². The minimum atomic E-state index is 0.342. The molecule has 0 amide bonds. The van der Waals surface area contributed by atoms with Crippen LogP contribution in [0.3, 0.4) is 0 Å².